The fraction of sp³-hybridized carbons (Fsp3) is 0.150. The van der Waals surface area contributed by atoms with E-state index in [1.807, 2.05) is 6.07 Å². The molecule has 1 heterocycles. The smallest absolute Gasteiger partial charge is 0.479 e. The number of esters is 1. The topological polar surface area (TPSA) is 107 Å². The van der Waals surface area contributed by atoms with Gasteiger partial charge < -0.3 is 24.3 Å². The minimum atomic E-state index is -3.75. The number of nitrogens with zero attached hydrogens (tertiary/aromatic N) is 1. The zero-order valence-electron chi connectivity index (χ0n) is 15.3. The van der Waals surface area contributed by atoms with Crippen LogP contribution in [0, 0.1) is 11.3 Å². The van der Waals surface area contributed by atoms with E-state index in [-0.39, 0.29) is 23.8 Å². The lowest BCUT2D eigenvalue weighted by molar-refractivity contribution is -0.286. The number of rotatable bonds is 7. The number of hydrogen-bond acceptors (Lipinski definition) is 7. The fourth-order valence-corrected chi connectivity index (χ4v) is 2.36. The standard InChI is InChI=1S/C20H14F2N2O6/c21-20(22)29-16-7-4-14(11-17(16)30-20)24-18(25)12-28-19(26)8-3-13-1-5-15(6-2-13)27-10-9-23/h1-8,11H,10,12H2,(H,24,25)/b8-3+. The second-order valence-electron chi connectivity index (χ2n) is 5.83. The molecule has 3 rings (SSSR count). The molecule has 2 aromatic carbocycles. The van der Waals surface area contributed by atoms with Crippen molar-refractivity contribution >= 4 is 23.6 Å². The number of halogens is 2. The van der Waals surface area contributed by atoms with E-state index in [0.717, 1.165) is 6.08 Å². The summed E-state index contributed by atoms with van der Waals surface area (Å²) in [6, 6.07) is 12.2. The number of alkyl halides is 2. The van der Waals surface area contributed by atoms with E-state index in [0.29, 0.717) is 11.3 Å². The van der Waals surface area contributed by atoms with Crippen LogP contribution in [0.2, 0.25) is 0 Å². The summed E-state index contributed by atoms with van der Waals surface area (Å²) in [7, 11) is 0. The van der Waals surface area contributed by atoms with Crippen LogP contribution in [0.5, 0.6) is 17.2 Å². The summed E-state index contributed by atoms with van der Waals surface area (Å²) in [6.07, 6.45) is -1.13. The Morgan fingerprint density at radius 1 is 1.13 bits per heavy atom. The number of hydrogen-bond donors (Lipinski definition) is 1. The summed E-state index contributed by atoms with van der Waals surface area (Å²) < 4.78 is 44.5. The monoisotopic (exact) mass is 416 g/mol. The van der Waals surface area contributed by atoms with Gasteiger partial charge in [-0.25, -0.2) is 4.79 Å². The first-order valence-electron chi connectivity index (χ1n) is 8.49. The molecule has 2 aromatic rings. The minimum absolute atomic E-state index is 0.0671. The number of benzene rings is 2. The van der Waals surface area contributed by atoms with E-state index >= 15 is 0 Å². The van der Waals surface area contributed by atoms with Crippen molar-refractivity contribution in [2.24, 2.45) is 0 Å². The summed E-state index contributed by atoms with van der Waals surface area (Å²) in [4.78, 5) is 23.6. The number of fused-ring (bicyclic) bond motifs is 1. The summed E-state index contributed by atoms with van der Waals surface area (Å²) in [5.41, 5.74) is 0.850. The number of anilines is 1. The van der Waals surface area contributed by atoms with E-state index in [9.17, 15) is 18.4 Å². The van der Waals surface area contributed by atoms with E-state index in [1.54, 1.807) is 24.3 Å². The highest BCUT2D eigenvalue weighted by molar-refractivity contribution is 5.94. The van der Waals surface area contributed by atoms with Gasteiger partial charge in [-0.2, -0.15) is 5.26 Å². The van der Waals surface area contributed by atoms with Crippen LogP contribution in [0.1, 0.15) is 5.56 Å². The molecule has 0 spiro atoms. The molecular weight excluding hydrogens is 402 g/mol. The largest absolute Gasteiger partial charge is 0.586 e. The molecule has 30 heavy (non-hydrogen) atoms. The number of nitrogens with one attached hydrogen (secondary N) is 1. The molecule has 1 N–H and O–H groups in total. The lowest BCUT2D eigenvalue weighted by atomic mass is 10.2. The summed E-state index contributed by atoms with van der Waals surface area (Å²) >= 11 is 0. The first-order valence-corrected chi connectivity index (χ1v) is 8.49. The molecule has 0 aliphatic carbocycles. The molecule has 154 valence electrons. The summed E-state index contributed by atoms with van der Waals surface area (Å²) in [5.74, 6) is -1.28. The molecule has 0 fully saturated rings. The van der Waals surface area contributed by atoms with Crippen LogP contribution in [0.3, 0.4) is 0 Å². The average Bonchev–Trinajstić information content (AvgIpc) is 3.03. The third kappa shape index (κ3) is 5.68. The zero-order valence-corrected chi connectivity index (χ0v) is 15.3. The number of amides is 1. The van der Waals surface area contributed by atoms with Crippen molar-refractivity contribution in [2.45, 2.75) is 6.29 Å². The van der Waals surface area contributed by atoms with Gasteiger partial charge in [-0.05, 0) is 35.9 Å². The molecule has 0 saturated carbocycles. The van der Waals surface area contributed by atoms with Gasteiger partial charge in [-0.3, -0.25) is 4.79 Å². The van der Waals surface area contributed by atoms with E-state index in [2.05, 4.69) is 14.8 Å². The van der Waals surface area contributed by atoms with Crippen molar-refractivity contribution in [2.75, 3.05) is 18.5 Å². The number of ether oxygens (including phenoxy) is 4. The molecule has 8 nitrogen and oxygen atoms in total. The molecule has 1 aliphatic heterocycles. The third-order valence-electron chi connectivity index (χ3n) is 3.63. The molecule has 0 saturated heterocycles. The van der Waals surface area contributed by atoms with Gasteiger partial charge in [-0.1, -0.05) is 12.1 Å². The van der Waals surface area contributed by atoms with Gasteiger partial charge in [0.05, 0.1) is 0 Å². The van der Waals surface area contributed by atoms with Gasteiger partial charge in [0.15, 0.2) is 24.7 Å². The fourth-order valence-electron chi connectivity index (χ4n) is 2.36. The number of carbonyl (C=O) groups excluding carboxylic acids is 2. The Bertz CT molecular complexity index is 1010. The number of nitriles is 1. The second kappa shape index (κ2) is 8.91. The van der Waals surface area contributed by atoms with Crippen molar-refractivity contribution in [3.05, 3.63) is 54.1 Å². The SMILES string of the molecule is N#CCOc1ccc(/C=C/C(=O)OCC(=O)Nc2ccc3c(c2)OC(F)(F)O3)cc1. The van der Waals surface area contributed by atoms with Gasteiger partial charge in [0.25, 0.3) is 5.91 Å². The van der Waals surface area contributed by atoms with Crippen LogP contribution in [0.4, 0.5) is 14.5 Å². The van der Waals surface area contributed by atoms with Crippen molar-refractivity contribution in [3.63, 3.8) is 0 Å². The van der Waals surface area contributed by atoms with Crippen LogP contribution in [0.15, 0.2) is 48.5 Å². The lowest BCUT2D eigenvalue weighted by Gasteiger charge is -2.06. The van der Waals surface area contributed by atoms with Crippen LogP contribution < -0.4 is 19.5 Å². The highest BCUT2D eigenvalue weighted by Crippen LogP contribution is 2.42. The summed E-state index contributed by atoms with van der Waals surface area (Å²) in [6.45, 7) is -0.642. The molecule has 1 aliphatic rings. The quantitative estimate of drug-likeness (QED) is 0.546. The molecule has 0 atom stereocenters. The van der Waals surface area contributed by atoms with Gasteiger partial charge in [0.1, 0.15) is 11.8 Å². The Kier molecular flexibility index (Phi) is 6.12. The van der Waals surface area contributed by atoms with Crippen molar-refractivity contribution < 1.29 is 37.3 Å². The molecule has 0 unspecified atom stereocenters. The Morgan fingerprint density at radius 2 is 1.87 bits per heavy atom. The van der Waals surface area contributed by atoms with Gasteiger partial charge in [0, 0.05) is 17.8 Å². The van der Waals surface area contributed by atoms with Crippen LogP contribution in [-0.2, 0) is 14.3 Å². The maximum Gasteiger partial charge on any atom is 0.586 e. The Labute approximate surface area is 169 Å². The maximum absolute atomic E-state index is 13.0. The van der Waals surface area contributed by atoms with E-state index < -0.39 is 24.8 Å². The molecule has 0 bridgehead atoms. The predicted octanol–water partition coefficient (Wildman–Crippen LogP) is 3.11. The third-order valence-corrected chi connectivity index (χ3v) is 3.63. The van der Waals surface area contributed by atoms with Gasteiger partial charge in [0.2, 0.25) is 0 Å². The van der Waals surface area contributed by atoms with Crippen molar-refractivity contribution in [3.8, 4) is 23.3 Å². The molecule has 1 amide bonds. The van der Waals surface area contributed by atoms with Crippen LogP contribution >= 0.6 is 0 Å². The molecule has 10 heteroatoms. The minimum Gasteiger partial charge on any atom is -0.479 e. The molecule has 0 radical (unpaired) electrons. The highest BCUT2D eigenvalue weighted by atomic mass is 19.3. The second-order valence-corrected chi connectivity index (χ2v) is 5.83. The molecule has 0 aromatic heterocycles. The molecular formula is C20H14F2N2O6. The lowest BCUT2D eigenvalue weighted by Crippen LogP contribution is -2.25. The highest BCUT2D eigenvalue weighted by Gasteiger charge is 2.43. The Morgan fingerprint density at radius 3 is 2.60 bits per heavy atom. The Balaban J connectivity index is 1.45. The van der Waals surface area contributed by atoms with Gasteiger partial charge >= 0.3 is 12.3 Å². The van der Waals surface area contributed by atoms with Crippen LogP contribution in [0.25, 0.3) is 6.08 Å². The van der Waals surface area contributed by atoms with E-state index in [1.165, 1.54) is 24.3 Å². The van der Waals surface area contributed by atoms with Crippen molar-refractivity contribution in [1.29, 1.82) is 5.26 Å². The maximum atomic E-state index is 13.0. The predicted molar refractivity (Wildman–Crippen MR) is 98.8 cm³/mol. The van der Waals surface area contributed by atoms with Crippen LogP contribution in [-0.4, -0.2) is 31.4 Å². The van der Waals surface area contributed by atoms with Crippen molar-refractivity contribution in [1.82, 2.24) is 0 Å². The number of carbonyl (C=O) groups is 2. The van der Waals surface area contributed by atoms with Gasteiger partial charge in [-0.15, -0.1) is 8.78 Å². The zero-order chi connectivity index (χ0) is 21.6. The first kappa shape index (κ1) is 20.6. The first-order chi connectivity index (χ1) is 14.3. The average molecular weight is 416 g/mol. The normalized spacial score (nSPS) is 13.5. The summed E-state index contributed by atoms with van der Waals surface area (Å²) in [5, 5.41) is 10.8. The Hall–Kier alpha value is -4.13. The van der Waals surface area contributed by atoms with E-state index in [4.69, 9.17) is 14.7 Å².